The highest BCUT2D eigenvalue weighted by Gasteiger charge is 2.39. The Morgan fingerprint density at radius 1 is 1.15 bits per heavy atom. The molecule has 1 aliphatic heterocycles. The van der Waals surface area contributed by atoms with E-state index in [1.165, 1.54) is 0 Å². The lowest BCUT2D eigenvalue weighted by molar-refractivity contribution is 0.0173. The zero-order valence-corrected chi connectivity index (χ0v) is 19.5. The fraction of sp³-hybridized carbons (Fsp3) is 0.950. The van der Waals surface area contributed by atoms with Crippen LogP contribution in [0.4, 0.5) is 4.79 Å². The number of nitrogens with two attached hydrogens (primary N) is 1. The number of hydrogen-bond acceptors (Lipinski definition) is 4. The largest absolute Gasteiger partial charge is 0.444 e. The molecule has 0 bridgehead atoms. The molecule has 2 N–H and O–H groups in total. The number of piperidine rings is 1. The molecule has 0 radical (unpaired) electrons. The Labute approximate surface area is 162 Å². The molecular weight excluding hydrogens is 344 g/mol. The molecular formula is C20H42N2O3Si. The van der Waals surface area contributed by atoms with Gasteiger partial charge in [-0.2, -0.15) is 0 Å². The molecule has 2 atom stereocenters. The minimum Gasteiger partial charge on any atom is -0.444 e. The van der Waals surface area contributed by atoms with E-state index in [0.29, 0.717) is 5.92 Å². The molecule has 1 saturated heterocycles. The summed E-state index contributed by atoms with van der Waals surface area (Å²) in [4.78, 5) is 14.0. The van der Waals surface area contributed by atoms with Crippen molar-refractivity contribution in [3.8, 4) is 0 Å². The lowest BCUT2D eigenvalue weighted by atomic mass is 9.89. The fourth-order valence-corrected chi connectivity index (χ4v) is 4.44. The first-order valence-corrected chi connectivity index (χ1v) is 12.9. The van der Waals surface area contributed by atoms with Crippen LogP contribution in [0.3, 0.4) is 0 Å². The first-order valence-electron chi connectivity index (χ1n) is 10.0. The lowest BCUT2D eigenvalue weighted by Gasteiger charge is -2.40. The van der Waals surface area contributed by atoms with Crippen molar-refractivity contribution in [1.82, 2.24) is 4.90 Å². The van der Waals surface area contributed by atoms with Crippen molar-refractivity contribution in [2.45, 2.75) is 104 Å². The number of hydrogen-bond donors (Lipinski definition) is 1. The van der Waals surface area contributed by atoms with E-state index in [9.17, 15) is 4.79 Å². The summed E-state index contributed by atoms with van der Waals surface area (Å²) >= 11 is 0. The van der Waals surface area contributed by atoms with Crippen LogP contribution in [-0.4, -0.2) is 50.1 Å². The van der Waals surface area contributed by atoms with Crippen LogP contribution in [0.1, 0.15) is 67.7 Å². The normalized spacial score (nSPS) is 20.0. The minimum atomic E-state index is -1.79. The topological polar surface area (TPSA) is 64.8 Å². The maximum absolute atomic E-state index is 12.2. The van der Waals surface area contributed by atoms with Gasteiger partial charge in [-0.25, -0.2) is 4.79 Å². The SMILES string of the molecule is C[C@@H](O[Si](C)(C)C(C)(C)C)[C@H](N)CC1CCN(C(=O)OC(C)(C)C)CC1. The maximum Gasteiger partial charge on any atom is 0.410 e. The van der Waals surface area contributed by atoms with E-state index in [4.69, 9.17) is 14.9 Å². The van der Waals surface area contributed by atoms with E-state index < -0.39 is 13.9 Å². The van der Waals surface area contributed by atoms with Crippen molar-refractivity contribution in [3.63, 3.8) is 0 Å². The van der Waals surface area contributed by atoms with Gasteiger partial charge in [0.15, 0.2) is 8.32 Å². The van der Waals surface area contributed by atoms with E-state index in [-0.39, 0.29) is 23.3 Å². The molecule has 154 valence electrons. The minimum absolute atomic E-state index is 0.0437. The molecule has 1 amide bonds. The van der Waals surface area contributed by atoms with E-state index in [1.54, 1.807) is 0 Å². The fourth-order valence-electron chi connectivity index (χ4n) is 2.98. The molecule has 0 aromatic heterocycles. The highest BCUT2D eigenvalue weighted by molar-refractivity contribution is 6.74. The van der Waals surface area contributed by atoms with Gasteiger partial charge in [-0.15, -0.1) is 0 Å². The quantitative estimate of drug-likeness (QED) is 0.692. The van der Waals surface area contributed by atoms with Crippen LogP contribution in [0, 0.1) is 5.92 Å². The van der Waals surface area contributed by atoms with Crippen LogP contribution in [0.5, 0.6) is 0 Å². The van der Waals surface area contributed by atoms with E-state index in [2.05, 4.69) is 40.8 Å². The molecule has 0 unspecified atom stereocenters. The number of ether oxygens (including phenoxy) is 1. The summed E-state index contributed by atoms with van der Waals surface area (Å²) in [7, 11) is -1.79. The first kappa shape index (κ1) is 23.4. The molecule has 6 heteroatoms. The van der Waals surface area contributed by atoms with Gasteiger partial charge in [0.05, 0.1) is 6.10 Å². The molecule has 0 saturated carbocycles. The molecule has 0 spiro atoms. The van der Waals surface area contributed by atoms with Gasteiger partial charge in [-0.1, -0.05) is 20.8 Å². The van der Waals surface area contributed by atoms with Gasteiger partial charge in [0.1, 0.15) is 5.60 Å². The van der Waals surface area contributed by atoms with Crippen LogP contribution in [0.25, 0.3) is 0 Å². The van der Waals surface area contributed by atoms with Crippen LogP contribution in [0.2, 0.25) is 18.1 Å². The van der Waals surface area contributed by atoms with Crippen molar-refractivity contribution in [2.24, 2.45) is 11.7 Å². The highest BCUT2D eigenvalue weighted by Crippen LogP contribution is 2.38. The Kier molecular flexibility index (Phi) is 7.77. The Morgan fingerprint density at radius 3 is 2.08 bits per heavy atom. The summed E-state index contributed by atoms with van der Waals surface area (Å²) in [6.45, 7) is 20.6. The van der Waals surface area contributed by atoms with Gasteiger partial charge >= 0.3 is 6.09 Å². The molecule has 5 nitrogen and oxygen atoms in total. The van der Waals surface area contributed by atoms with Crippen LogP contribution < -0.4 is 5.73 Å². The highest BCUT2D eigenvalue weighted by atomic mass is 28.4. The average Bonchev–Trinajstić information content (AvgIpc) is 2.44. The summed E-state index contributed by atoms with van der Waals surface area (Å²) in [5, 5.41) is 0.194. The van der Waals surface area contributed by atoms with Crippen molar-refractivity contribution >= 4 is 14.4 Å². The summed E-state index contributed by atoms with van der Waals surface area (Å²) < 4.78 is 11.9. The smallest absolute Gasteiger partial charge is 0.410 e. The standard InChI is InChI=1S/C20H42N2O3Si/c1-15(25-26(8,9)20(5,6)7)17(21)14-16-10-12-22(13-11-16)18(23)24-19(2,3)4/h15-17H,10-14,21H2,1-9H3/t15-,17-/m1/s1. The van der Waals surface area contributed by atoms with Gasteiger partial charge < -0.3 is 19.8 Å². The van der Waals surface area contributed by atoms with Crippen molar-refractivity contribution in [3.05, 3.63) is 0 Å². The number of rotatable bonds is 5. The first-order chi connectivity index (χ1) is 11.6. The number of amides is 1. The third kappa shape index (κ3) is 7.20. The van der Waals surface area contributed by atoms with Gasteiger partial charge in [0.2, 0.25) is 0 Å². The zero-order chi connectivity index (χ0) is 20.3. The predicted octanol–water partition coefficient (Wildman–Crippen LogP) is 4.76. The lowest BCUT2D eigenvalue weighted by Crippen LogP contribution is -2.49. The molecule has 26 heavy (non-hydrogen) atoms. The Bertz CT molecular complexity index is 461. The monoisotopic (exact) mass is 386 g/mol. The average molecular weight is 387 g/mol. The Balaban J connectivity index is 2.46. The van der Waals surface area contributed by atoms with Crippen LogP contribution >= 0.6 is 0 Å². The Morgan fingerprint density at radius 2 is 1.65 bits per heavy atom. The van der Waals surface area contributed by atoms with E-state index in [1.807, 2.05) is 25.7 Å². The van der Waals surface area contributed by atoms with Gasteiger partial charge in [-0.3, -0.25) is 0 Å². The van der Waals surface area contributed by atoms with Gasteiger partial charge in [0, 0.05) is 19.1 Å². The molecule has 1 fully saturated rings. The number of nitrogens with zero attached hydrogens (tertiary/aromatic N) is 1. The third-order valence-corrected chi connectivity index (χ3v) is 10.3. The molecule has 1 rings (SSSR count). The second-order valence-electron chi connectivity index (χ2n) is 10.4. The van der Waals surface area contributed by atoms with Gasteiger partial charge in [-0.05, 0) is 71.0 Å². The zero-order valence-electron chi connectivity index (χ0n) is 18.5. The summed E-state index contributed by atoms with van der Waals surface area (Å²) in [5.41, 5.74) is 6.03. The number of likely N-dealkylation sites (tertiary alicyclic amines) is 1. The maximum atomic E-state index is 12.2. The second-order valence-corrected chi connectivity index (χ2v) is 15.1. The van der Waals surface area contributed by atoms with Crippen molar-refractivity contribution in [2.75, 3.05) is 13.1 Å². The summed E-state index contributed by atoms with van der Waals surface area (Å²) in [5.74, 6) is 0.550. The summed E-state index contributed by atoms with van der Waals surface area (Å²) in [6.07, 6.45) is 2.80. The molecule has 0 aromatic carbocycles. The van der Waals surface area contributed by atoms with E-state index >= 15 is 0 Å². The van der Waals surface area contributed by atoms with E-state index in [0.717, 1.165) is 32.4 Å². The molecule has 1 aliphatic rings. The number of carbonyl (C=O) groups is 1. The van der Waals surface area contributed by atoms with Gasteiger partial charge in [0.25, 0.3) is 0 Å². The summed E-state index contributed by atoms with van der Waals surface area (Å²) in [6, 6.07) is 0.0437. The van der Waals surface area contributed by atoms with Crippen molar-refractivity contribution < 1.29 is 14.0 Å². The third-order valence-electron chi connectivity index (χ3n) is 5.76. The second kappa shape index (κ2) is 8.61. The van der Waals surface area contributed by atoms with Crippen molar-refractivity contribution in [1.29, 1.82) is 0 Å². The molecule has 0 aliphatic carbocycles. The molecule has 1 heterocycles. The number of carbonyl (C=O) groups excluding carboxylic acids is 1. The predicted molar refractivity (Wildman–Crippen MR) is 111 cm³/mol. The Hall–Kier alpha value is -0.593. The molecule has 0 aromatic rings. The van der Waals surface area contributed by atoms with Crippen LogP contribution in [-0.2, 0) is 9.16 Å². The van der Waals surface area contributed by atoms with Crippen LogP contribution in [0.15, 0.2) is 0 Å².